The highest BCUT2D eigenvalue weighted by molar-refractivity contribution is 5.68. The molecular formula is C15H22N4O11. The highest BCUT2D eigenvalue weighted by atomic mass is 16.6. The van der Waals surface area contributed by atoms with Crippen molar-refractivity contribution >= 4 is 17.5 Å². The molecule has 1 aliphatic rings. The second kappa shape index (κ2) is 10.0. The van der Waals surface area contributed by atoms with E-state index in [0.29, 0.717) is 0 Å². The van der Waals surface area contributed by atoms with Crippen molar-refractivity contribution in [1.29, 1.82) is 0 Å². The smallest absolute Gasteiger partial charge is 0.327 e. The number of aromatic amines is 2. The van der Waals surface area contributed by atoms with E-state index < -0.39 is 67.3 Å². The van der Waals surface area contributed by atoms with Crippen LogP contribution in [0.2, 0.25) is 0 Å². The van der Waals surface area contributed by atoms with Gasteiger partial charge in [0.25, 0.3) is 5.56 Å². The predicted molar refractivity (Wildman–Crippen MR) is 95.2 cm³/mol. The van der Waals surface area contributed by atoms with Gasteiger partial charge in [0.1, 0.15) is 42.3 Å². The number of nitrogens with zero attached hydrogens (tertiary/aromatic N) is 2. The van der Waals surface area contributed by atoms with Crippen LogP contribution in [-0.2, 0) is 9.53 Å². The van der Waals surface area contributed by atoms with Crippen molar-refractivity contribution in [3.8, 4) is 0 Å². The Morgan fingerprint density at radius 1 is 1.17 bits per heavy atom. The molecule has 30 heavy (non-hydrogen) atoms. The lowest BCUT2D eigenvalue weighted by atomic mass is 10.1. The summed E-state index contributed by atoms with van der Waals surface area (Å²) in [6.07, 6.45) is -8.06. The molecule has 0 amide bonds. The van der Waals surface area contributed by atoms with Crippen LogP contribution in [0, 0.1) is 0 Å². The third-order valence-electron chi connectivity index (χ3n) is 4.33. The molecule has 0 spiro atoms. The van der Waals surface area contributed by atoms with Crippen molar-refractivity contribution < 1.29 is 45.3 Å². The van der Waals surface area contributed by atoms with E-state index in [0.717, 1.165) is 0 Å². The van der Waals surface area contributed by atoms with Crippen LogP contribution in [0.15, 0.2) is 15.9 Å². The fraction of sp³-hybridized carbons (Fsp3) is 0.600. The number of aldehydes is 1. The van der Waals surface area contributed by atoms with E-state index in [1.54, 1.807) is 0 Å². The van der Waals surface area contributed by atoms with Gasteiger partial charge in [0.15, 0.2) is 18.0 Å². The zero-order chi connectivity index (χ0) is 22.6. The van der Waals surface area contributed by atoms with Crippen molar-refractivity contribution in [3.63, 3.8) is 0 Å². The Morgan fingerprint density at radius 2 is 1.83 bits per heavy atom. The fourth-order valence-electron chi connectivity index (χ4n) is 2.67. The Morgan fingerprint density at radius 3 is 2.37 bits per heavy atom. The Bertz CT molecular complexity index is 956. The van der Waals surface area contributed by atoms with Crippen LogP contribution in [-0.4, -0.2) is 111 Å². The highest BCUT2D eigenvalue weighted by Crippen LogP contribution is 2.30. The van der Waals surface area contributed by atoms with E-state index in [4.69, 9.17) is 30.3 Å². The number of imidazole rings is 1. The molecule has 0 bridgehead atoms. The van der Waals surface area contributed by atoms with E-state index >= 15 is 0 Å². The average molecular weight is 434 g/mol. The lowest BCUT2D eigenvalue weighted by Gasteiger charge is -2.16. The van der Waals surface area contributed by atoms with Gasteiger partial charge in [-0.2, -0.15) is 0 Å². The summed E-state index contributed by atoms with van der Waals surface area (Å²) in [6.45, 7) is -1.16. The third-order valence-corrected chi connectivity index (χ3v) is 4.33. The Balaban J connectivity index is 0.000000274. The molecule has 0 aromatic carbocycles. The molecule has 15 nitrogen and oxygen atoms in total. The first-order valence-corrected chi connectivity index (χ1v) is 8.58. The summed E-state index contributed by atoms with van der Waals surface area (Å²) >= 11 is 0. The number of hydrogen-bond acceptors (Lipinski definition) is 12. The second-order valence-corrected chi connectivity index (χ2v) is 6.35. The minimum atomic E-state index is -1.64. The molecule has 0 saturated carbocycles. The predicted octanol–water partition coefficient (Wildman–Crippen LogP) is -5.72. The highest BCUT2D eigenvalue weighted by Gasteiger charge is 2.43. The molecule has 2 aromatic heterocycles. The zero-order valence-corrected chi connectivity index (χ0v) is 15.3. The molecule has 7 atom stereocenters. The van der Waals surface area contributed by atoms with E-state index in [1.807, 2.05) is 4.98 Å². The van der Waals surface area contributed by atoms with E-state index in [-0.39, 0.29) is 17.5 Å². The maximum atomic E-state index is 11.6. The fourth-order valence-corrected chi connectivity index (χ4v) is 2.67. The summed E-state index contributed by atoms with van der Waals surface area (Å²) in [5.41, 5.74) is -1.36. The zero-order valence-electron chi connectivity index (χ0n) is 15.3. The molecule has 1 aliphatic heterocycles. The second-order valence-electron chi connectivity index (χ2n) is 6.35. The maximum Gasteiger partial charge on any atom is 0.327 e. The number of fused-ring (bicyclic) bond motifs is 1. The van der Waals surface area contributed by atoms with Gasteiger partial charge in [0.2, 0.25) is 0 Å². The molecular weight excluding hydrogens is 412 g/mol. The molecule has 1 fully saturated rings. The van der Waals surface area contributed by atoms with Crippen LogP contribution >= 0.6 is 0 Å². The summed E-state index contributed by atoms with van der Waals surface area (Å²) in [6, 6.07) is 0. The van der Waals surface area contributed by atoms with Crippen molar-refractivity contribution in [2.75, 3.05) is 13.2 Å². The number of nitrogens with one attached hydrogen (secondary N) is 2. The first-order chi connectivity index (χ1) is 14.2. The molecule has 9 N–H and O–H groups in total. The van der Waals surface area contributed by atoms with Gasteiger partial charge in [-0.25, -0.2) is 9.78 Å². The molecule has 3 unspecified atom stereocenters. The molecule has 168 valence electrons. The maximum absolute atomic E-state index is 11.6. The van der Waals surface area contributed by atoms with Crippen LogP contribution in [0.3, 0.4) is 0 Å². The van der Waals surface area contributed by atoms with Gasteiger partial charge >= 0.3 is 5.69 Å². The monoisotopic (exact) mass is 434 g/mol. The first kappa shape index (κ1) is 23.8. The van der Waals surface area contributed by atoms with Crippen molar-refractivity contribution in [2.24, 2.45) is 0 Å². The minimum Gasteiger partial charge on any atom is -0.394 e. The van der Waals surface area contributed by atoms with Gasteiger partial charge in [0.05, 0.1) is 19.5 Å². The number of rotatable bonds is 6. The van der Waals surface area contributed by atoms with Gasteiger partial charge in [-0.05, 0) is 0 Å². The molecule has 3 rings (SSSR count). The Kier molecular flexibility index (Phi) is 7.93. The van der Waals surface area contributed by atoms with Crippen LogP contribution < -0.4 is 11.2 Å². The van der Waals surface area contributed by atoms with Crippen molar-refractivity contribution in [3.05, 3.63) is 27.2 Å². The molecule has 0 radical (unpaired) electrons. The van der Waals surface area contributed by atoms with Gasteiger partial charge in [0, 0.05) is 0 Å². The van der Waals surface area contributed by atoms with Gasteiger partial charge in [-0.15, -0.1) is 0 Å². The number of hydrogen-bond donors (Lipinski definition) is 9. The van der Waals surface area contributed by atoms with Crippen molar-refractivity contribution in [2.45, 2.75) is 42.9 Å². The average Bonchev–Trinajstić information content (AvgIpc) is 3.27. The summed E-state index contributed by atoms with van der Waals surface area (Å²) < 4.78 is 6.54. The number of carbonyl (C=O) groups excluding carboxylic acids is 1. The molecule has 0 aliphatic carbocycles. The van der Waals surface area contributed by atoms with Crippen LogP contribution in [0.4, 0.5) is 0 Å². The van der Waals surface area contributed by atoms with Gasteiger partial charge < -0.3 is 45.3 Å². The van der Waals surface area contributed by atoms with E-state index in [2.05, 4.69) is 9.97 Å². The summed E-state index contributed by atoms with van der Waals surface area (Å²) in [5.74, 6) is 0. The lowest BCUT2D eigenvalue weighted by Crippen LogP contribution is -2.40. The number of aromatic nitrogens is 4. The van der Waals surface area contributed by atoms with Crippen LogP contribution in [0.1, 0.15) is 6.23 Å². The number of aliphatic hydroxyl groups excluding tert-OH is 7. The molecule has 1 saturated heterocycles. The largest absolute Gasteiger partial charge is 0.394 e. The van der Waals surface area contributed by atoms with E-state index in [1.165, 1.54) is 10.9 Å². The summed E-state index contributed by atoms with van der Waals surface area (Å²) in [4.78, 5) is 40.8. The quantitative estimate of drug-likeness (QED) is 0.193. The number of aliphatic hydroxyl groups is 7. The van der Waals surface area contributed by atoms with Crippen LogP contribution in [0.25, 0.3) is 11.2 Å². The number of H-pyrrole nitrogens is 2. The molecule has 15 heteroatoms. The van der Waals surface area contributed by atoms with Crippen molar-refractivity contribution in [1.82, 2.24) is 19.5 Å². The SMILES string of the molecule is O=CC(O)C(O)C(O)CO.O=c1[nH]c(=O)c2ncn([C@@H]3O[C@H](CO)[C@@H](O)[C@H]3O)c2[nH]1. The molecule has 3 heterocycles. The Hall–Kier alpha value is -2.50. The standard InChI is InChI=1S/C10H12N4O6.C5H10O5/c15-1-3-5(16)6(17)9(20-3)14-2-11-4-7(14)12-10(19)13-8(4)18;6-1-3(8)5(10)4(9)2-7/h2-3,5-6,9,15-17H,1H2,(H2,12,13,18,19);1,3-5,7-10H,2H2/t3-,5-,6-,9-;/m1./s1. The van der Waals surface area contributed by atoms with Gasteiger partial charge in [-0.3, -0.25) is 19.3 Å². The normalized spacial score (nSPS) is 26.6. The molecule has 2 aromatic rings. The summed E-state index contributed by atoms with van der Waals surface area (Å²) in [7, 11) is 0. The number of carbonyl (C=O) groups is 1. The third kappa shape index (κ3) is 4.79. The van der Waals surface area contributed by atoms with Gasteiger partial charge in [-0.1, -0.05) is 0 Å². The minimum absolute atomic E-state index is 0.0256. The van der Waals surface area contributed by atoms with Crippen LogP contribution in [0.5, 0.6) is 0 Å². The topological polar surface area (TPSA) is 251 Å². The van der Waals surface area contributed by atoms with E-state index in [9.17, 15) is 24.6 Å². The number of ether oxygens (including phenoxy) is 1. The first-order valence-electron chi connectivity index (χ1n) is 8.58. The summed E-state index contributed by atoms with van der Waals surface area (Å²) in [5, 5.41) is 62.7. The lowest BCUT2D eigenvalue weighted by molar-refractivity contribution is -0.127. The Labute approximate surface area is 166 Å².